The Morgan fingerprint density at radius 2 is 1.29 bits per heavy atom. The summed E-state index contributed by atoms with van der Waals surface area (Å²) >= 11 is -0.0377. The lowest BCUT2D eigenvalue weighted by Crippen LogP contribution is -2.30. The highest BCUT2D eigenvalue weighted by Crippen LogP contribution is 2.60. The lowest BCUT2D eigenvalue weighted by atomic mass is 9.67. The zero-order valence-electron chi connectivity index (χ0n) is 29.7. The van der Waals surface area contributed by atoms with Crippen LogP contribution in [0.4, 0.5) is 26.3 Å². The molecule has 0 spiro atoms. The normalized spacial score (nSPS) is 15.5. The van der Waals surface area contributed by atoms with E-state index in [0.29, 0.717) is 44.2 Å². The summed E-state index contributed by atoms with van der Waals surface area (Å²) < 4.78 is 118. The Morgan fingerprint density at radius 1 is 0.673 bits per heavy atom. The molecule has 6 nitrogen and oxygen atoms in total. The summed E-state index contributed by atoms with van der Waals surface area (Å²) in [6.45, 7) is 2.19. The van der Waals surface area contributed by atoms with Crippen LogP contribution in [0.15, 0.2) is 103 Å². The minimum atomic E-state index is -6.02. The molecular formula is C41H38F6O6S2. The van der Waals surface area contributed by atoms with E-state index in [1.807, 2.05) is 36.4 Å². The molecule has 5 aromatic carbocycles. The molecule has 6 rings (SSSR count). The van der Waals surface area contributed by atoms with Gasteiger partial charge >= 0.3 is 22.0 Å². The summed E-state index contributed by atoms with van der Waals surface area (Å²) in [5, 5.41) is 1.09. The maximum Gasteiger partial charge on any atom is 0.550 e. The third kappa shape index (κ3) is 8.77. The smallest absolute Gasteiger partial charge is 0.398 e. The first-order valence-corrected chi connectivity index (χ1v) is 20.0. The molecule has 0 heterocycles. The predicted octanol–water partition coefficient (Wildman–Crippen LogP) is 12.5. The molecule has 0 aliphatic heterocycles. The lowest BCUT2D eigenvalue weighted by molar-refractivity contribution is -0.441. The Balaban J connectivity index is 1.49. The van der Waals surface area contributed by atoms with Crippen molar-refractivity contribution in [3.8, 4) is 22.6 Å². The fourth-order valence-electron chi connectivity index (χ4n) is 7.38. The Hall–Kier alpha value is -4.24. The van der Waals surface area contributed by atoms with E-state index in [1.54, 1.807) is 48.5 Å². The lowest BCUT2D eigenvalue weighted by Gasteiger charge is -2.34. The van der Waals surface area contributed by atoms with Gasteiger partial charge in [-0.3, -0.25) is 0 Å². The van der Waals surface area contributed by atoms with Crippen LogP contribution < -0.4 is 8.37 Å². The summed E-state index contributed by atoms with van der Waals surface area (Å²) in [6.07, 6.45) is 5.15. The number of benzene rings is 5. The number of aryl methyl sites for hydroxylation is 1. The van der Waals surface area contributed by atoms with Crippen molar-refractivity contribution < 1.29 is 52.3 Å². The molecule has 0 fully saturated rings. The fourth-order valence-corrected chi connectivity index (χ4v) is 8.18. The van der Waals surface area contributed by atoms with E-state index in [4.69, 9.17) is 4.18 Å². The zero-order chi connectivity index (χ0) is 39.3. The molecular weight excluding hydrogens is 767 g/mol. The quantitative estimate of drug-likeness (QED) is 0.0173. The monoisotopic (exact) mass is 804 g/mol. The summed E-state index contributed by atoms with van der Waals surface area (Å²) in [6, 6.07) is 29.6. The second-order valence-electron chi connectivity index (χ2n) is 13.3. The summed E-state index contributed by atoms with van der Waals surface area (Å²) in [4.78, 5) is 3.43. The predicted molar refractivity (Wildman–Crippen MR) is 200 cm³/mol. The molecule has 0 aromatic heterocycles. The van der Waals surface area contributed by atoms with E-state index < -0.39 is 33.2 Å². The van der Waals surface area contributed by atoms with Crippen molar-refractivity contribution in [1.82, 2.24) is 0 Å². The number of halogens is 6. The molecule has 0 saturated carbocycles. The van der Waals surface area contributed by atoms with Gasteiger partial charge in [-0.15, -0.1) is 22.4 Å². The first-order valence-electron chi connectivity index (χ1n) is 17.9. The molecule has 55 heavy (non-hydrogen) atoms. The molecule has 0 amide bonds. The van der Waals surface area contributed by atoms with E-state index in [0.717, 1.165) is 37.3 Å². The van der Waals surface area contributed by atoms with Gasteiger partial charge in [-0.1, -0.05) is 137 Å². The second kappa shape index (κ2) is 16.9. The molecule has 1 atom stereocenters. The average Bonchev–Trinajstić information content (AvgIpc) is 3.44. The molecule has 292 valence electrons. The van der Waals surface area contributed by atoms with Gasteiger partial charge < -0.3 is 8.37 Å². The summed E-state index contributed by atoms with van der Waals surface area (Å²) in [5.74, 6) is -0.440. The van der Waals surface area contributed by atoms with Crippen molar-refractivity contribution >= 4 is 33.2 Å². The van der Waals surface area contributed by atoms with Gasteiger partial charge in [-0.05, 0) is 75.4 Å². The Bertz CT molecular complexity index is 2190. The van der Waals surface area contributed by atoms with Crippen LogP contribution in [0.1, 0.15) is 86.1 Å². The van der Waals surface area contributed by atoms with Gasteiger partial charge in [-0.25, -0.2) is 0 Å². The van der Waals surface area contributed by atoms with Crippen molar-refractivity contribution in [2.24, 2.45) is 0 Å². The van der Waals surface area contributed by atoms with Crippen LogP contribution in [0, 0.1) is 0 Å². The summed E-state index contributed by atoms with van der Waals surface area (Å²) in [7, 11) is -6.02. The Morgan fingerprint density at radius 3 is 1.95 bits per heavy atom. The first kappa shape index (κ1) is 40.4. The highest BCUT2D eigenvalue weighted by atomic mass is 32.2. The van der Waals surface area contributed by atoms with Crippen molar-refractivity contribution in [3.63, 3.8) is 0 Å². The third-order valence-corrected chi connectivity index (χ3v) is 11.1. The minimum Gasteiger partial charge on any atom is -0.398 e. The first-order chi connectivity index (χ1) is 26.3. The van der Waals surface area contributed by atoms with Crippen LogP contribution in [0.3, 0.4) is 0 Å². The number of hydrogen-bond acceptors (Lipinski definition) is 7. The molecule has 1 aliphatic carbocycles. The highest BCUT2D eigenvalue weighted by Gasteiger charge is 2.50. The average molecular weight is 805 g/mol. The van der Waals surface area contributed by atoms with Crippen molar-refractivity contribution in [2.75, 3.05) is 0 Å². The van der Waals surface area contributed by atoms with E-state index in [1.165, 1.54) is 44.2 Å². The number of rotatable bonds is 17. The van der Waals surface area contributed by atoms with E-state index in [2.05, 4.69) is 20.3 Å². The van der Waals surface area contributed by atoms with Crippen LogP contribution in [-0.4, -0.2) is 20.3 Å². The molecule has 1 unspecified atom stereocenters. The van der Waals surface area contributed by atoms with Gasteiger partial charge in [0.25, 0.3) is 12.3 Å². The molecule has 0 radical (unpaired) electrons. The molecule has 1 aliphatic rings. The van der Waals surface area contributed by atoms with Crippen molar-refractivity contribution in [3.05, 3.63) is 131 Å². The van der Waals surface area contributed by atoms with E-state index >= 15 is 0 Å². The van der Waals surface area contributed by atoms with Gasteiger partial charge in [0.2, 0.25) is 0 Å². The number of alkyl halides is 6. The van der Waals surface area contributed by atoms with E-state index in [-0.39, 0.29) is 18.1 Å². The molecule has 0 bridgehead atoms. The standard InChI is InChI=1S/C41H38F6O6S2/c1-2-3-4-5-6-7-8-10-15-28-20-22-30(23-21-28)39(29-16-11-9-12-17-29)35-26-31(51-55(48,49)41(45,46)47)24-25-34(35)38-33-19-14-13-18-32(33)37(27-36(38)39)50-54-53-52-40(42,43)44/h9,11-14,16-27H,2-8,10,15H2,1H3. The third-order valence-electron chi connectivity index (χ3n) is 9.76. The van der Waals surface area contributed by atoms with Gasteiger partial charge in [0, 0.05) is 5.39 Å². The van der Waals surface area contributed by atoms with Crippen LogP contribution in [0.2, 0.25) is 0 Å². The van der Waals surface area contributed by atoms with Gasteiger partial charge in [0.1, 0.15) is 11.5 Å². The number of unbranched alkanes of at least 4 members (excludes halogenated alkanes) is 7. The fraction of sp³-hybridized carbons (Fsp3) is 0.317. The van der Waals surface area contributed by atoms with E-state index in [9.17, 15) is 34.8 Å². The molecule has 0 saturated heterocycles. The highest BCUT2D eigenvalue weighted by molar-refractivity contribution is 7.90. The van der Waals surface area contributed by atoms with Crippen molar-refractivity contribution in [2.45, 2.75) is 82.0 Å². The van der Waals surface area contributed by atoms with Crippen LogP contribution in [0.5, 0.6) is 11.5 Å². The van der Waals surface area contributed by atoms with Crippen LogP contribution >= 0.6 is 12.3 Å². The largest absolute Gasteiger partial charge is 0.550 e. The Kier molecular flexibility index (Phi) is 12.4. The maximum atomic E-state index is 13.5. The van der Waals surface area contributed by atoms with Gasteiger partial charge in [0.05, 0.1) is 5.41 Å². The topological polar surface area (TPSA) is 71.1 Å². The van der Waals surface area contributed by atoms with Crippen LogP contribution in [-0.2, 0) is 31.2 Å². The zero-order valence-corrected chi connectivity index (χ0v) is 31.3. The number of fused-ring (bicyclic) bond motifs is 5. The Labute approximate surface area is 320 Å². The number of hydrogen-bond donors (Lipinski definition) is 0. The molecule has 5 aromatic rings. The molecule has 0 N–H and O–H groups in total. The van der Waals surface area contributed by atoms with Crippen LogP contribution in [0.25, 0.3) is 21.9 Å². The van der Waals surface area contributed by atoms with Gasteiger partial charge in [-0.2, -0.15) is 21.6 Å². The van der Waals surface area contributed by atoms with Gasteiger partial charge in [0.15, 0.2) is 0 Å². The van der Waals surface area contributed by atoms with Crippen molar-refractivity contribution in [1.29, 1.82) is 0 Å². The SMILES string of the molecule is CCCCCCCCCCc1ccc(C2(c3ccccc3)c3cc(OS(=O)(=O)C(F)(F)F)ccc3-c3c2cc(OSOOC(F)(F)F)c2ccccc32)cc1. The second-order valence-corrected chi connectivity index (χ2v) is 15.3. The maximum absolute atomic E-state index is 13.5. The molecule has 14 heteroatoms. The summed E-state index contributed by atoms with van der Waals surface area (Å²) in [5.41, 5.74) is -2.29. The minimum absolute atomic E-state index is 0.0377.